The fourth-order valence-electron chi connectivity index (χ4n) is 4.72. The summed E-state index contributed by atoms with van der Waals surface area (Å²) in [6.07, 6.45) is 4.94. The van der Waals surface area contributed by atoms with Crippen molar-refractivity contribution in [2.45, 2.75) is 24.8 Å². The van der Waals surface area contributed by atoms with E-state index in [1.165, 1.54) is 6.26 Å². The van der Waals surface area contributed by atoms with Gasteiger partial charge in [0, 0.05) is 38.3 Å². The number of amides is 2. The number of nitrogens with zero attached hydrogens (tertiary/aromatic N) is 4. The van der Waals surface area contributed by atoms with Gasteiger partial charge in [0.1, 0.15) is 0 Å². The molecule has 5 rings (SSSR count). The summed E-state index contributed by atoms with van der Waals surface area (Å²) >= 11 is 0. The standard InChI is InChI=1S/C23H24N4O3/c1-25-16-23(9-11-26(12-10-23)22(29)19-8-5-13-30-19)20-18(21(25)28)15-27(24-20)14-17-6-3-2-4-7-17/h2-8,13,15H,9-12,14,16H2,1H3. The Morgan fingerprint density at radius 2 is 1.90 bits per heavy atom. The minimum absolute atomic E-state index is 0.0176. The van der Waals surface area contributed by atoms with Crippen molar-refractivity contribution in [2.75, 3.05) is 26.7 Å². The van der Waals surface area contributed by atoms with Gasteiger partial charge in [-0.05, 0) is 30.5 Å². The Bertz CT molecular complexity index is 1060. The molecule has 1 spiro atoms. The van der Waals surface area contributed by atoms with Gasteiger partial charge in [0.05, 0.1) is 24.1 Å². The van der Waals surface area contributed by atoms with Crippen LogP contribution in [0, 0.1) is 0 Å². The lowest BCUT2D eigenvalue weighted by molar-refractivity contribution is 0.0525. The third kappa shape index (κ3) is 3.10. The molecule has 0 radical (unpaired) electrons. The Morgan fingerprint density at radius 1 is 1.13 bits per heavy atom. The Hall–Kier alpha value is -3.35. The molecule has 1 aromatic carbocycles. The average molecular weight is 404 g/mol. The second kappa shape index (κ2) is 7.16. The van der Waals surface area contributed by atoms with Gasteiger partial charge in [-0.25, -0.2) is 0 Å². The van der Waals surface area contributed by atoms with Gasteiger partial charge in [0.15, 0.2) is 5.76 Å². The first-order valence-corrected chi connectivity index (χ1v) is 10.3. The van der Waals surface area contributed by atoms with Crippen LogP contribution in [0.3, 0.4) is 0 Å². The highest BCUT2D eigenvalue weighted by Crippen LogP contribution is 2.41. The van der Waals surface area contributed by atoms with Gasteiger partial charge < -0.3 is 14.2 Å². The SMILES string of the molecule is CN1CC2(CCN(C(=O)c3ccco3)CC2)c2nn(Cc3ccccc3)cc2C1=O. The molecule has 2 amide bonds. The lowest BCUT2D eigenvalue weighted by Gasteiger charge is -2.45. The van der Waals surface area contributed by atoms with Gasteiger partial charge in [-0.1, -0.05) is 30.3 Å². The van der Waals surface area contributed by atoms with Crippen molar-refractivity contribution in [3.05, 3.63) is 77.5 Å². The maximum absolute atomic E-state index is 12.8. The zero-order valence-corrected chi connectivity index (χ0v) is 17.0. The van der Waals surface area contributed by atoms with Gasteiger partial charge in [-0.2, -0.15) is 5.10 Å². The molecule has 7 nitrogen and oxygen atoms in total. The third-order valence-corrected chi connectivity index (χ3v) is 6.31. The van der Waals surface area contributed by atoms with Crippen molar-refractivity contribution < 1.29 is 14.0 Å². The highest BCUT2D eigenvalue weighted by molar-refractivity contribution is 5.97. The van der Waals surface area contributed by atoms with Gasteiger partial charge in [0.2, 0.25) is 0 Å². The first-order valence-electron chi connectivity index (χ1n) is 10.3. The average Bonchev–Trinajstić information content (AvgIpc) is 3.44. The van der Waals surface area contributed by atoms with Crippen LogP contribution in [-0.4, -0.2) is 58.1 Å². The van der Waals surface area contributed by atoms with Gasteiger partial charge in [0.25, 0.3) is 11.8 Å². The number of rotatable bonds is 3. The highest BCUT2D eigenvalue weighted by atomic mass is 16.3. The van der Waals surface area contributed by atoms with Crippen molar-refractivity contribution in [1.29, 1.82) is 0 Å². The van der Waals surface area contributed by atoms with Crippen molar-refractivity contribution in [2.24, 2.45) is 0 Å². The minimum Gasteiger partial charge on any atom is -0.459 e. The second-order valence-electron chi connectivity index (χ2n) is 8.29. The van der Waals surface area contributed by atoms with Crippen LogP contribution in [0.5, 0.6) is 0 Å². The molecule has 30 heavy (non-hydrogen) atoms. The molecular weight excluding hydrogens is 380 g/mol. The molecule has 0 aliphatic carbocycles. The smallest absolute Gasteiger partial charge is 0.289 e. The first kappa shape index (κ1) is 18.7. The summed E-state index contributed by atoms with van der Waals surface area (Å²) in [5.74, 6) is 0.309. The van der Waals surface area contributed by atoms with E-state index in [-0.39, 0.29) is 17.2 Å². The number of fused-ring (bicyclic) bond motifs is 2. The summed E-state index contributed by atoms with van der Waals surface area (Å²) in [5, 5.41) is 4.87. The van der Waals surface area contributed by atoms with E-state index >= 15 is 0 Å². The van der Waals surface area contributed by atoms with Gasteiger partial charge >= 0.3 is 0 Å². The molecule has 2 aliphatic rings. The molecular formula is C23H24N4O3. The normalized spacial score (nSPS) is 18.0. The number of piperidine rings is 1. The molecule has 4 heterocycles. The number of aromatic nitrogens is 2. The molecule has 1 fully saturated rings. The van der Waals surface area contributed by atoms with Crippen LogP contribution in [0.4, 0.5) is 0 Å². The van der Waals surface area contributed by atoms with Crippen molar-refractivity contribution in [1.82, 2.24) is 19.6 Å². The molecule has 2 aromatic heterocycles. The summed E-state index contributed by atoms with van der Waals surface area (Å²) in [6.45, 7) is 2.49. The second-order valence-corrected chi connectivity index (χ2v) is 8.29. The Labute approximate surface area is 174 Å². The summed E-state index contributed by atoms with van der Waals surface area (Å²) in [5.41, 5.74) is 2.49. The summed E-state index contributed by atoms with van der Waals surface area (Å²) in [4.78, 5) is 29.1. The van der Waals surface area contributed by atoms with Crippen LogP contribution in [0.1, 0.15) is 45.0 Å². The lowest BCUT2D eigenvalue weighted by atomic mass is 9.72. The van der Waals surface area contributed by atoms with Gasteiger partial charge in [-0.15, -0.1) is 0 Å². The number of likely N-dealkylation sites (N-methyl/N-ethyl adjacent to an activating group) is 1. The van der Waals surface area contributed by atoms with Crippen LogP contribution >= 0.6 is 0 Å². The number of benzene rings is 1. The van der Waals surface area contributed by atoms with E-state index in [9.17, 15) is 9.59 Å². The van der Waals surface area contributed by atoms with E-state index in [0.717, 1.165) is 24.1 Å². The molecule has 2 aliphatic heterocycles. The number of likely N-dealkylation sites (tertiary alicyclic amines) is 1. The van der Waals surface area contributed by atoms with E-state index in [2.05, 4.69) is 12.1 Å². The number of carbonyl (C=O) groups excluding carboxylic acids is 2. The zero-order valence-electron chi connectivity index (χ0n) is 17.0. The predicted molar refractivity (Wildman–Crippen MR) is 110 cm³/mol. The van der Waals surface area contributed by atoms with Crippen molar-refractivity contribution >= 4 is 11.8 Å². The maximum Gasteiger partial charge on any atom is 0.289 e. The topological polar surface area (TPSA) is 71.6 Å². The van der Waals surface area contributed by atoms with E-state index in [1.807, 2.05) is 41.0 Å². The van der Waals surface area contributed by atoms with Crippen LogP contribution in [0.2, 0.25) is 0 Å². The maximum atomic E-state index is 12.8. The monoisotopic (exact) mass is 404 g/mol. The van der Waals surface area contributed by atoms with E-state index in [1.54, 1.807) is 17.0 Å². The molecule has 0 bridgehead atoms. The van der Waals surface area contributed by atoms with E-state index in [4.69, 9.17) is 9.52 Å². The fourth-order valence-corrected chi connectivity index (χ4v) is 4.72. The summed E-state index contributed by atoms with van der Waals surface area (Å²) in [6, 6.07) is 13.5. The molecule has 154 valence electrons. The Balaban J connectivity index is 1.41. The van der Waals surface area contributed by atoms with Crippen LogP contribution < -0.4 is 0 Å². The zero-order chi connectivity index (χ0) is 20.7. The molecule has 0 atom stereocenters. The number of hydrogen-bond donors (Lipinski definition) is 0. The van der Waals surface area contributed by atoms with Crippen LogP contribution in [0.15, 0.2) is 59.3 Å². The Kier molecular flexibility index (Phi) is 4.46. The fraction of sp³-hybridized carbons (Fsp3) is 0.348. The predicted octanol–water partition coefficient (Wildman–Crippen LogP) is 2.78. The molecule has 0 unspecified atom stereocenters. The number of carbonyl (C=O) groups is 2. The number of hydrogen-bond acceptors (Lipinski definition) is 4. The van der Waals surface area contributed by atoms with Crippen LogP contribution in [0.25, 0.3) is 0 Å². The van der Waals surface area contributed by atoms with Gasteiger partial charge in [-0.3, -0.25) is 14.3 Å². The third-order valence-electron chi connectivity index (χ3n) is 6.31. The summed E-state index contributed by atoms with van der Waals surface area (Å²) < 4.78 is 7.15. The largest absolute Gasteiger partial charge is 0.459 e. The van der Waals surface area contributed by atoms with E-state index < -0.39 is 0 Å². The minimum atomic E-state index is -0.222. The van der Waals surface area contributed by atoms with Crippen molar-refractivity contribution in [3.8, 4) is 0 Å². The Morgan fingerprint density at radius 3 is 2.60 bits per heavy atom. The van der Waals surface area contributed by atoms with E-state index in [0.29, 0.717) is 37.5 Å². The molecule has 0 N–H and O–H groups in total. The molecule has 1 saturated heterocycles. The van der Waals surface area contributed by atoms with Crippen molar-refractivity contribution in [3.63, 3.8) is 0 Å². The molecule has 7 heteroatoms. The summed E-state index contributed by atoms with van der Waals surface area (Å²) in [7, 11) is 1.85. The highest BCUT2D eigenvalue weighted by Gasteiger charge is 2.47. The molecule has 3 aromatic rings. The lowest BCUT2D eigenvalue weighted by Crippen LogP contribution is -2.54. The number of furan rings is 1. The quantitative estimate of drug-likeness (QED) is 0.673. The van der Waals surface area contributed by atoms with Crippen LogP contribution in [-0.2, 0) is 12.0 Å². The first-order chi connectivity index (χ1) is 14.6. The molecule has 0 saturated carbocycles.